The van der Waals surface area contributed by atoms with Crippen molar-refractivity contribution < 1.29 is 17.9 Å². The molecule has 2 aromatic carbocycles. The summed E-state index contributed by atoms with van der Waals surface area (Å²) in [7, 11) is -3.52. The molecule has 1 saturated heterocycles. The van der Waals surface area contributed by atoms with E-state index in [4.69, 9.17) is 4.74 Å². The van der Waals surface area contributed by atoms with Gasteiger partial charge in [0.1, 0.15) is 5.75 Å². The summed E-state index contributed by atoms with van der Waals surface area (Å²) in [5, 5.41) is 2.85. The molecule has 0 aromatic heterocycles. The standard InChI is InChI=1S/C21H25N3O4S/c1-2-29(26,27)24-15-20(28-19-8-4-3-7-18(19)24)21(25)22-16-9-11-17(12-10-16)23-13-5-6-14-23/h3-4,7-12,20H,2,5-6,13-15H2,1H3,(H,22,25)/t20-/m1/s1. The maximum absolute atomic E-state index is 12.8. The number of fused-ring (bicyclic) bond motifs is 1. The molecule has 0 bridgehead atoms. The summed E-state index contributed by atoms with van der Waals surface area (Å²) in [5.74, 6) is -0.0294. The number of hydrogen-bond donors (Lipinski definition) is 1. The minimum Gasteiger partial charge on any atom is -0.476 e. The van der Waals surface area contributed by atoms with Crippen LogP contribution < -0.4 is 19.3 Å². The molecule has 1 amide bonds. The Hall–Kier alpha value is -2.74. The topological polar surface area (TPSA) is 79.0 Å². The van der Waals surface area contributed by atoms with Gasteiger partial charge in [0.15, 0.2) is 6.10 Å². The van der Waals surface area contributed by atoms with Crippen LogP contribution in [0.3, 0.4) is 0 Å². The summed E-state index contributed by atoms with van der Waals surface area (Å²) in [4.78, 5) is 15.1. The molecule has 1 fully saturated rings. The molecule has 0 aliphatic carbocycles. The van der Waals surface area contributed by atoms with Gasteiger partial charge in [0, 0.05) is 24.5 Å². The predicted octanol–water partition coefficient (Wildman–Crippen LogP) is 2.84. The molecule has 2 aliphatic rings. The Labute approximate surface area is 171 Å². The second-order valence-electron chi connectivity index (χ2n) is 7.24. The van der Waals surface area contributed by atoms with E-state index < -0.39 is 16.1 Å². The van der Waals surface area contributed by atoms with Crippen LogP contribution in [0.15, 0.2) is 48.5 Å². The van der Waals surface area contributed by atoms with Gasteiger partial charge in [0.05, 0.1) is 18.0 Å². The van der Waals surface area contributed by atoms with Crippen LogP contribution in [0.1, 0.15) is 19.8 Å². The Morgan fingerprint density at radius 3 is 2.48 bits per heavy atom. The molecule has 2 aromatic rings. The molecule has 0 unspecified atom stereocenters. The molecule has 0 spiro atoms. The SMILES string of the molecule is CCS(=O)(=O)N1C[C@H](C(=O)Nc2ccc(N3CCCC3)cc2)Oc2ccccc21. The average molecular weight is 416 g/mol. The summed E-state index contributed by atoms with van der Waals surface area (Å²) in [6.07, 6.45) is 1.48. The Morgan fingerprint density at radius 2 is 1.79 bits per heavy atom. The number of nitrogens with zero attached hydrogens (tertiary/aromatic N) is 2. The number of rotatable bonds is 5. The molecular weight excluding hydrogens is 390 g/mol. The minimum atomic E-state index is -3.52. The number of nitrogens with one attached hydrogen (secondary N) is 1. The third-order valence-corrected chi connectivity index (χ3v) is 7.08. The number of sulfonamides is 1. The normalized spacial score (nSPS) is 18.9. The van der Waals surface area contributed by atoms with Crippen LogP contribution in [0.5, 0.6) is 5.75 Å². The summed E-state index contributed by atoms with van der Waals surface area (Å²) >= 11 is 0. The minimum absolute atomic E-state index is 0.0480. The zero-order chi connectivity index (χ0) is 20.4. The molecule has 1 N–H and O–H groups in total. The second kappa shape index (κ2) is 7.94. The van der Waals surface area contributed by atoms with Gasteiger partial charge in [0.25, 0.3) is 5.91 Å². The molecule has 7 nitrogen and oxygen atoms in total. The fraction of sp³-hybridized carbons (Fsp3) is 0.381. The average Bonchev–Trinajstić information content (AvgIpc) is 3.28. The molecule has 8 heteroatoms. The van der Waals surface area contributed by atoms with E-state index in [1.807, 2.05) is 24.3 Å². The van der Waals surface area contributed by atoms with Crippen molar-refractivity contribution in [1.29, 1.82) is 0 Å². The van der Waals surface area contributed by atoms with E-state index in [-0.39, 0.29) is 18.2 Å². The highest BCUT2D eigenvalue weighted by molar-refractivity contribution is 7.92. The molecule has 2 heterocycles. The third kappa shape index (κ3) is 4.03. The van der Waals surface area contributed by atoms with Crippen molar-refractivity contribution in [3.8, 4) is 5.75 Å². The molecule has 4 rings (SSSR count). The van der Waals surface area contributed by atoms with Crippen molar-refractivity contribution >= 4 is 33.0 Å². The van der Waals surface area contributed by atoms with Crippen LogP contribution in [-0.4, -0.2) is 45.8 Å². The fourth-order valence-electron chi connectivity index (χ4n) is 3.71. The van der Waals surface area contributed by atoms with Gasteiger partial charge in [0.2, 0.25) is 10.0 Å². The lowest BCUT2D eigenvalue weighted by Crippen LogP contribution is -2.49. The number of anilines is 3. The smallest absolute Gasteiger partial charge is 0.267 e. The zero-order valence-electron chi connectivity index (χ0n) is 16.4. The van der Waals surface area contributed by atoms with E-state index in [9.17, 15) is 13.2 Å². The van der Waals surface area contributed by atoms with Gasteiger partial charge in [-0.2, -0.15) is 0 Å². The van der Waals surface area contributed by atoms with E-state index in [1.54, 1.807) is 31.2 Å². The first-order valence-electron chi connectivity index (χ1n) is 9.90. The molecule has 29 heavy (non-hydrogen) atoms. The lowest BCUT2D eigenvalue weighted by molar-refractivity contribution is -0.122. The molecule has 0 radical (unpaired) electrons. The van der Waals surface area contributed by atoms with Gasteiger partial charge in [-0.15, -0.1) is 0 Å². The van der Waals surface area contributed by atoms with Crippen molar-refractivity contribution in [2.75, 3.05) is 39.9 Å². The van der Waals surface area contributed by atoms with Crippen molar-refractivity contribution in [3.05, 3.63) is 48.5 Å². The first-order chi connectivity index (χ1) is 14.0. The van der Waals surface area contributed by atoms with E-state index >= 15 is 0 Å². The summed E-state index contributed by atoms with van der Waals surface area (Å²) in [6.45, 7) is 3.65. The Balaban J connectivity index is 1.50. The van der Waals surface area contributed by atoms with E-state index in [0.29, 0.717) is 17.1 Å². The van der Waals surface area contributed by atoms with Gasteiger partial charge < -0.3 is 15.0 Å². The van der Waals surface area contributed by atoms with Gasteiger partial charge in [-0.1, -0.05) is 12.1 Å². The van der Waals surface area contributed by atoms with Crippen molar-refractivity contribution in [3.63, 3.8) is 0 Å². The number of ether oxygens (including phenoxy) is 1. The van der Waals surface area contributed by atoms with E-state index in [0.717, 1.165) is 18.8 Å². The largest absolute Gasteiger partial charge is 0.476 e. The zero-order valence-corrected chi connectivity index (χ0v) is 17.2. The van der Waals surface area contributed by atoms with Crippen LogP contribution in [0.2, 0.25) is 0 Å². The molecule has 0 saturated carbocycles. The Kier molecular flexibility index (Phi) is 5.36. The molecule has 154 valence electrons. The number of carbonyl (C=O) groups is 1. The number of para-hydroxylation sites is 2. The maximum atomic E-state index is 12.8. The predicted molar refractivity (Wildman–Crippen MR) is 114 cm³/mol. The number of benzene rings is 2. The van der Waals surface area contributed by atoms with Crippen LogP contribution in [0.25, 0.3) is 0 Å². The fourth-order valence-corrected chi connectivity index (χ4v) is 4.84. The van der Waals surface area contributed by atoms with Crippen LogP contribution in [0, 0.1) is 0 Å². The van der Waals surface area contributed by atoms with Crippen molar-refractivity contribution in [2.45, 2.75) is 25.9 Å². The highest BCUT2D eigenvalue weighted by Gasteiger charge is 2.35. The highest BCUT2D eigenvalue weighted by atomic mass is 32.2. The second-order valence-corrected chi connectivity index (χ2v) is 9.42. The molecular formula is C21H25N3O4S. The van der Waals surface area contributed by atoms with Crippen molar-refractivity contribution in [2.24, 2.45) is 0 Å². The van der Waals surface area contributed by atoms with Gasteiger partial charge in [-0.25, -0.2) is 8.42 Å². The first-order valence-corrected chi connectivity index (χ1v) is 11.5. The van der Waals surface area contributed by atoms with Crippen LogP contribution >= 0.6 is 0 Å². The monoisotopic (exact) mass is 415 g/mol. The highest BCUT2D eigenvalue weighted by Crippen LogP contribution is 2.35. The Bertz CT molecular complexity index is 985. The Morgan fingerprint density at radius 1 is 1.10 bits per heavy atom. The first kappa shape index (κ1) is 19.6. The van der Waals surface area contributed by atoms with Gasteiger partial charge in [-0.05, 0) is 56.2 Å². The number of carbonyl (C=O) groups excluding carboxylic acids is 1. The van der Waals surface area contributed by atoms with Gasteiger partial charge in [-0.3, -0.25) is 9.10 Å². The lowest BCUT2D eigenvalue weighted by atomic mass is 10.2. The summed E-state index contributed by atoms with van der Waals surface area (Å²) < 4.78 is 32.2. The summed E-state index contributed by atoms with van der Waals surface area (Å²) in [5.41, 5.74) is 2.27. The van der Waals surface area contributed by atoms with E-state index in [1.165, 1.54) is 17.1 Å². The lowest BCUT2D eigenvalue weighted by Gasteiger charge is -2.34. The maximum Gasteiger partial charge on any atom is 0.267 e. The molecule has 2 aliphatic heterocycles. The molecule has 1 atom stereocenters. The van der Waals surface area contributed by atoms with Crippen molar-refractivity contribution in [1.82, 2.24) is 0 Å². The number of amides is 1. The van der Waals surface area contributed by atoms with Gasteiger partial charge >= 0.3 is 0 Å². The quantitative estimate of drug-likeness (QED) is 0.812. The summed E-state index contributed by atoms with van der Waals surface area (Å²) in [6, 6.07) is 14.6. The third-order valence-electron chi connectivity index (χ3n) is 5.33. The van der Waals surface area contributed by atoms with Crippen LogP contribution in [-0.2, 0) is 14.8 Å². The van der Waals surface area contributed by atoms with E-state index in [2.05, 4.69) is 10.2 Å². The van der Waals surface area contributed by atoms with Crippen LogP contribution in [0.4, 0.5) is 17.1 Å². The number of hydrogen-bond acceptors (Lipinski definition) is 5.